The average Bonchev–Trinajstić information content (AvgIpc) is 2.18. The highest BCUT2D eigenvalue weighted by atomic mass is 16.5. The molecule has 0 aliphatic rings. The molecule has 0 heterocycles. The molecule has 1 atom stereocenters. The molecular formula is C10H12N2O2. The number of nitrogens with two attached hydrogens (primary N) is 1. The quantitative estimate of drug-likeness (QED) is 0.738. The molecule has 0 aliphatic heterocycles. The van der Waals surface area contributed by atoms with Crippen molar-refractivity contribution in [1.29, 1.82) is 5.26 Å². The topological polar surface area (TPSA) is 68.3 Å². The zero-order valence-corrected chi connectivity index (χ0v) is 8.15. The lowest BCUT2D eigenvalue weighted by molar-refractivity contribution is 0.260. The highest BCUT2D eigenvalue weighted by molar-refractivity contribution is 5.52. The van der Waals surface area contributed by atoms with Crippen LogP contribution in [0.15, 0.2) is 18.2 Å². The summed E-state index contributed by atoms with van der Waals surface area (Å²) < 4.78 is 10.4. The van der Waals surface area contributed by atoms with Crippen LogP contribution < -0.4 is 15.2 Å². The summed E-state index contributed by atoms with van der Waals surface area (Å²) in [4.78, 5) is 0. The van der Waals surface area contributed by atoms with Gasteiger partial charge in [-0.3, -0.25) is 0 Å². The number of anilines is 1. The Morgan fingerprint density at radius 2 is 2.14 bits per heavy atom. The van der Waals surface area contributed by atoms with Crippen molar-refractivity contribution in [2.45, 2.75) is 13.0 Å². The number of nitriles is 1. The summed E-state index contributed by atoms with van der Waals surface area (Å²) in [7, 11) is 1.54. The van der Waals surface area contributed by atoms with E-state index in [1.807, 2.05) is 6.07 Å². The molecule has 4 nitrogen and oxygen atoms in total. The minimum Gasteiger partial charge on any atom is -0.493 e. The van der Waals surface area contributed by atoms with Crippen LogP contribution in [0.3, 0.4) is 0 Å². The molecule has 14 heavy (non-hydrogen) atoms. The number of hydrogen-bond donors (Lipinski definition) is 1. The second kappa shape index (κ2) is 4.38. The molecule has 0 fully saturated rings. The fraction of sp³-hybridized carbons (Fsp3) is 0.300. The molecule has 1 rings (SSSR count). The van der Waals surface area contributed by atoms with Crippen molar-refractivity contribution in [3.63, 3.8) is 0 Å². The number of nitrogen functional groups attached to an aromatic ring is 1. The molecule has 0 amide bonds. The predicted molar refractivity (Wildman–Crippen MR) is 53.1 cm³/mol. The molecule has 2 N–H and O–H groups in total. The van der Waals surface area contributed by atoms with Gasteiger partial charge in [-0.25, -0.2) is 0 Å². The number of hydrogen-bond acceptors (Lipinski definition) is 4. The van der Waals surface area contributed by atoms with E-state index in [2.05, 4.69) is 0 Å². The Morgan fingerprint density at radius 1 is 1.43 bits per heavy atom. The summed E-state index contributed by atoms with van der Waals surface area (Å²) in [5, 5.41) is 8.58. The minimum absolute atomic E-state index is 0.488. The molecule has 0 aliphatic carbocycles. The normalized spacial score (nSPS) is 11.5. The summed E-state index contributed by atoms with van der Waals surface area (Å²) in [6.45, 7) is 1.66. The number of ether oxygens (including phenoxy) is 2. The fourth-order valence-electron chi connectivity index (χ4n) is 1.00. The first-order valence-electron chi connectivity index (χ1n) is 4.17. The van der Waals surface area contributed by atoms with Crippen molar-refractivity contribution >= 4 is 5.69 Å². The van der Waals surface area contributed by atoms with E-state index in [4.69, 9.17) is 20.5 Å². The van der Waals surface area contributed by atoms with Crippen LogP contribution in [0.2, 0.25) is 0 Å². The molecule has 1 unspecified atom stereocenters. The predicted octanol–water partition coefficient (Wildman–Crippen LogP) is 1.57. The maximum Gasteiger partial charge on any atom is 0.181 e. The molecular weight excluding hydrogens is 180 g/mol. The van der Waals surface area contributed by atoms with Gasteiger partial charge in [0, 0.05) is 11.8 Å². The van der Waals surface area contributed by atoms with Crippen LogP contribution in [0.4, 0.5) is 5.69 Å². The molecule has 0 bridgehead atoms. The van der Waals surface area contributed by atoms with Gasteiger partial charge in [-0.05, 0) is 19.1 Å². The van der Waals surface area contributed by atoms with Crippen molar-refractivity contribution in [2.24, 2.45) is 0 Å². The lowest BCUT2D eigenvalue weighted by Crippen LogP contribution is -2.09. The van der Waals surface area contributed by atoms with Crippen LogP contribution >= 0.6 is 0 Å². The van der Waals surface area contributed by atoms with Crippen molar-refractivity contribution in [1.82, 2.24) is 0 Å². The molecule has 1 aromatic carbocycles. The lowest BCUT2D eigenvalue weighted by Gasteiger charge is -2.12. The highest BCUT2D eigenvalue weighted by Gasteiger charge is 2.08. The van der Waals surface area contributed by atoms with E-state index in [1.54, 1.807) is 25.1 Å². The first-order valence-corrected chi connectivity index (χ1v) is 4.17. The second-order valence-corrected chi connectivity index (χ2v) is 2.80. The smallest absolute Gasteiger partial charge is 0.181 e. The van der Waals surface area contributed by atoms with Gasteiger partial charge in [-0.15, -0.1) is 0 Å². The van der Waals surface area contributed by atoms with Crippen LogP contribution in [0.5, 0.6) is 11.5 Å². The van der Waals surface area contributed by atoms with Crippen LogP contribution in [0, 0.1) is 11.3 Å². The molecule has 74 valence electrons. The van der Waals surface area contributed by atoms with E-state index in [0.717, 1.165) is 0 Å². The van der Waals surface area contributed by atoms with Gasteiger partial charge in [0.05, 0.1) is 7.11 Å². The summed E-state index contributed by atoms with van der Waals surface area (Å²) in [5.74, 6) is 1.06. The van der Waals surface area contributed by atoms with Gasteiger partial charge in [0.25, 0.3) is 0 Å². The Labute approximate surface area is 82.9 Å². The third kappa shape index (κ3) is 2.30. The summed E-state index contributed by atoms with van der Waals surface area (Å²) >= 11 is 0. The van der Waals surface area contributed by atoms with E-state index in [-0.39, 0.29) is 0 Å². The highest BCUT2D eigenvalue weighted by Crippen LogP contribution is 2.29. The molecule has 1 aromatic rings. The van der Waals surface area contributed by atoms with Crippen molar-refractivity contribution < 1.29 is 9.47 Å². The third-order valence-electron chi connectivity index (χ3n) is 1.67. The third-order valence-corrected chi connectivity index (χ3v) is 1.67. The number of methoxy groups -OCH3 is 1. The van der Waals surface area contributed by atoms with Crippen molar-refractivity contribution in [2.75, 3.05) is 12.8 Å². The van der Waals surface area contributed by atoms with Gasteiger partial charge in [-0.2, -0.15) is 5.26 Å². The molecule has 4 heteroatoms. The van der Waals surface area contributed by atoms with Crippen LogP contribution in [-0.2, 0) is 0 Å². The van der Waals surface area contributed by atoms with E-state index in [9.17, 15) is 0 Å². The van der Waals surface area contributed by atoms with Gasteiger partial charge < -0.3 is 15.2 Å². The van der Waals surface area contributed by atoms with Crippen molar-refractivity contribution in [3.8, 4) is 17.6 Å². The summed E-state index contributed by atoms with van der Waals surface area (Å²) in [5.41, 5.74) is 6.16. The number of nitrogens with zero attached hydrogens (tertiary/aromatic N) is 1. The number of benzene rings is 1. The number of rotatable bonds is 3. The van der Waals surface area contributed by atoms with E-state index in [1.165, 1.54) is 7.11 Å². The fourth-order valence-corrected chi connectivity index (χ4v) is 1.00. The molecule has 0 radical (unpaired) electrons. The average molecular weight is 192 g/mol. The molecule has 0 saturated heterocycles. The molecule has 0 aromatic heterocycles. The maximum atomic E-state index is 8.58. The van der Waals surface area contributed by atoms with Gasteiger partial charge in [0.15, 0.2) is 17.6 Å². The first kappa shape index (κ1) is 10.2. The van der Waals surface area contributed by atoms with E-state index in [0.29, 0.717) is 17.2 Å². The Hall–Kier alpha value is -1.89. The van der Waals surface area contributed by atoms with Gasteiger partial charge in [0.2, 0.25) is 0 Å². The van der Waals surface area contributed by atoms with Gasteiger partial charge in [0.1, 0.15) is 6.07 Å². The second-order valence-electron chi connectivity index (χ2n) is 2.80. The zero-order chi connectivity index (χ0) is 10.6. The Morgan fingerprint density at radius 3 is 2.71 bits per heavy atom. The maximum absolute atomic E-state index is 8.58. The van der Waals surface area contributed by atoms with Crippen LogP contribution in [0.1, 0.15) is 6.92 Å². The minimum atomic E-state index is -0.523. The Kier molecular flexibility index (Phi) is 3.19. The SMILES string of the molecule is COc1ccc(N)cc1OC(C)C#N. The lowest BCUT2D eigenvalue weighted by atomic mass is 10.3. The molecule has 0 spiro atoms. The zero-order valence-electron chi connectivity index (χ0n) is 8.15. The van der Waals surface area contributed by atoms with E-state index < -0.39 is 6.10 Å². The van der Waals surface area contributed by atoms with Crippen molar-refractivity contribution in [3.05, 3.63) is 18.2 Å². The van der Waals surface area contributed by atoms with Crippen LogP contribution in [-0.4, -0.2) is 13.2 Å². The van der Waals surface area contributed by atoms with E-state index >= 15 is 0 Å². The Bertz CT molecular complexity index is 358. The van der Waals surface area contributed by atoms with Crippen LogP contribution in [0.25, 0.3) is 0 Å². The summed E-state index contributed by atoms with van der Waals surface area (Å²) in [6, 6.07) is 7.01. The van der Waals surface area contributed by atoms with Gasteiger partial charge >= 0.3 is 0 Å². The summed E-state index contributed by atoms with van der Waals surface area (Å²) in [6.07, 6.45) is -0.523. The standard InChI is InChI=1S/C10H12N2O2/c1-7(6-11)14-10-5-8(12)3-4-9(10)13-2/h3-5,7H,12H2,1-2H3. The monoisotopic (exact) mass is 192 g/mol. The largest absolute Gasteiger partial charge is 0.493 e. The Balaban J connectivity index is 2.94. The first-order chi connectivity index (χ1) is 6.67. The molecule has 0 saturated carbocycles. The van der Waals surface area contributed by atoms with Gasteiger partial charge in [-0.1, -0.05) is 0 Å².